The van der Waals surface area contributed by atoms with Crippen molar-refractivity contribution >= 4 is 0 Å². The molecule has 0 fully saturated rings. The van der Waals surface area contributed by atoms with Crippen LogP contribution in [0.3, 0.4) is 0 Å². The smallest absolute Gasteiger partial charge is 0.364 e. The molecule has 0 aliphatic heterocycles. The van der Waals surface area contributed by atoms with Crippen LogP contribution >= 0.6 is 0 Å². The van der Waals surface area contributed by atoms with Gasteiger partial charge in [-0.1, -0.05) is 0 Å². The molecule has 0 atom stereocenters. The largest absolute Gasteiger partial charge is 0.480 e. The predicted octanol–water partition coefficient (Wildman–Crippen LogP) is -0.132. The van der Waals surface area contributed by atoms with Crippen molar-refractivity contribution in [3.8, 4) is 5.88 Å². The van der Waals surface area contributed by atoms with Gasteiger partial charge in [0.05, 0.1) is 37.8 Å². The lowest BCUT2D eigenvalue weighted by molar-refractivity contribution is 0.393. The summed E-state index contributed by atoms with van der Waals surface area (Å²) < 4.78 is 7.52. The van der Waals surface area contributed by atoms with Crippen LogP contribution in [0.4, 0.5) is 0 Å². The van der Waals surface area contributed by atoms with Crippen LogP contribution in [0.25, 0.3) is 0 Å². The van der Waals surface area contributed by atoms with Crippen molar-refractivity contribution in [3.05, 3.63) is 28.6 Å². The first kappa shape index (κ1) is 12.2. The second-order valence-electron chi connectivity index (χ2n) is 4.01. The van der Waals surface area contributed by atoms with Gasteiger partial charge in [0.25, 0.3) is 0 Å². The molecule has 0 aliphatic rings. The van der Waals surface area contributed by atoms with E-state index in [4.69, 9.17) is 4.74 Å². The molecule has 96 valence electrons. The van der Waals surface area contributed by atoms with Crippen LogP contribution in [-0.2, 0) is 6.54 Å². The van der Waals surface area contributed by atoms with Gasteiger partial charge in [-0.05, 0) is 24.3 Å². The van der Waals surface area contributed by atoms with Gasteiger partial charge in [0.15, 0.2) is 0 Å². The summed E-state index contributed by atoms with van der Waals surface area (Å²) in [7, 11) is 1.51. The van der Waals surface area contributed by atoms with E-state index in [1.807, 2.05) is 13.8 Å². The highest BCUT2D eigenvalue weighted by Crippen LogP contribution is 2.04. The average Bonchev–Trinajstić information content (AvgIpc) is 2.71. The Morgan fingerprint density at radius 3 is 2.72 bits per heavy atom. The number of aromatic nitrogens is 6. The third-order valence-corrected chi connectivity index (χ3v) is 2.33. The summed E-state index contributed by atoms with van der Waals surface area (Å²) in [6.45, 7) is 3.95. The minimum Gasteiger partial charge on any atom is -0.480 e. The summed E-state index contributed by atoms with van der Waals surface area (Å²) >= 11 is 0. The second-order valence-corrected chi connectivity index (χ2v) is 4.01. The topological polar surface area (TPSA) is 87.7 Å². The van der Waals surface area contributed by atoms with Crippen LogP contribution < -0.4 is 10.4 Å². The first-order valence-corrected chi connectivity index (χ1v) is 5.49. The predicted molar refractivity (Wildman–Crippen MR) is 62.4 cm³/mol. The number of nitrogens with zero attached hydrogens (tertiary/aromatic N) is 6. The molecule has 0 saturated carbocycles. The minimum atomic E-state index is -0.269. The summed E-state index contributed by atoms with van der Waals surface area (Å²) in [5.74, 6) is 0.400. The molecule has 2 aromatic heterocycles. The fourth-order valence-corrected chi connectivity index (χ4v) is 1.42. The van der Waals surface area contributed by atoms with Crippen molar-refractivity contribution in [2.24, 2.45) is 0 Å². The van der Waals surface area contributed by atoms with Crippen molar-refractivity contribution < 1.29 is 4.74 Å². The van der Waals surface area contributed by atoms with Crippen molar-refractivity contribution in [2.75, 3.05) is 7.11 Å². The Morgan fingerprint density at radius 2 is 2.11 bits per heavy atom. The summed E-state index contributed by atoms with van der Waals surface area (Å²) in [4.78, 5) is 20.0. The van der Waals surface area contributed by atoms with Gasteiger partial charge in [-0.15, -0.1) is 0 Å². The highest BCUT2D eigenvalue weighted by atomic mass is 16.5. The van der Waals surface area contributed by atoms with Crippen LogP contribution in [0.15, 0.2) is 17.2 Å². The van der Waals surface area contributed by atoms with E-state index in [1.54, 1.807) is 6.20 Å². The van der Waals surface area contributed by atoms with E-state index in [0.29, 0.717) is 11.6 Å². The van der Waals surface area contributed by atoms with Gasteiger partial charge in [-0.3, -0.25) is 4.98 Å². The molecule has 0 amide bonds. The number of methoxy groups -OCH3 is 1. The maximum absolute atomic E-state index is 11.9. The SMILES string of the molecule is COc1cncc(Cn2nnn(C(C)C)c2=O)n1. The van der Waals surface area contributed by atoms with Crippen molar-refractivity contribution in [2.45, 2.75) is 26.4 Å². The number of hydrogen-bond acceptors (Lipinski definition) is 6. The van der Waals surface area contributed by atoms with Crippen LogP contribution in [0, 0.1) is 0 Å². The van der Waals surface area contributed by atoms with Gasteiger partial charge in [-0.25, -0.2) is 9.78 Å². The van der Waals surface area contributed by atoms with Crippen LogP contribution in [0.1, 0.15) is 25.6 Å². The lowest BCUT2D eigenvalue weighted by Crippen LogP contribution is -2.27. The molecular weight excluding hydrogens is 236 g/mol. The Morgan fingerprint density at radius 1 is 1.33 bits per heavy atom. The van der Waals surface area contributed by atoms with E-state index in [0.717, 1.165) is 0 Å². The molecule has 2 aromatic rings. The van der Waals surface area contributed by atoms with E-state index in [-0.39, 0.29) is 18.3 Å². The lowest BCUT2D eigenvalue weighted by Gasteiger charge is -2.02. The van der Waals surface area contributed by atoms with E-state index in [9.17, 15) is 4.79 Å². The summed E-state index contributed by atoms with van der Waals surface area (Å²) in [6.07, 6.45) is 3.06. The molecule has 0 aromatic carbocycles. The molecule has 0 unspecified atom stereocenters. The maximum atomic E-state index is 11.9. The molecule has 8 heteroatoms. The van der Waals surface area contributed by atoms with Gasteiger partial charge in [-0.2, -0.15) is 9.36 Å². The van der Waals surface area contributed by atoms with Crippen molar-refractivity contribution in [1.29, 1.82) is 0 Å². The molecule has 0 saturated heterocycles. The van der Waals surface area contributed by atoms with E-state index in [1.165, 1.54) is 22.7 Å². The first-order chi connectivity index (χ1) is 8.61. The molecule has 2 heterocycles. The standard InChI is InChI=1S/C10H14N6O2/c1-7(2)16-10(17)15(13-14-16)6-8-4-11-5-9(12-8)18-3/h4-5,7H,6H2,1-3H3. The molecule has 0 spiro atoms. The zero-order valence-electron chi connectivity index (χ0n) is 10.4. The first-order valence-electron chi connectivity index (χ1n) is 5.49. The van der Waals surface area contributed by atoms with Crippen LogP contribution in [-0.4, -0.2) is 36.9 Å². The maximum Gasteiger partial charge on any atom is 0.364 e. The van der Waals surface area contributed by atoms with Crippen LogP contribution in [0.5, 0.6) is 5.88 Å². The van der Waals surface area contributed by atoms with Gasteiger partial charge < -0.3 is 4.74 Å². The Bertz CT molecular complexity index is 588. The zero-order chi connectivity index (χ0) is 13.1. The highest BCUT2D eigenvalue weighted by molar-refractivity contribution is 5.08. The number of ether oxygens (including phenoxy) is 1. The van der Waals surface area contributed by atoms with E-state index in [2.05, 4.69) is 20.4 Å². The molecule has 2 rings (SSSR count). The van der Waals surface area contributed by atoms with Gasteiger partial charge in [0.2, 0.25) is 5.88 Å². The summed E-state index contributed by atoms with van der Waals surface area (Å²) in [6, 6.07) is -0.0253. The number of rotatable bonds is 4. The fraction of sp³-hybridized carbons (Fsp3) is 0.500. The molecule has 0 bridgehead atoms. The van der Waals surface area contributed by atoms with Crippen molar-refractivity contribution in [1.82, 2.24) is 29.8 Å². The highest BCUT2D eigenvalue weighted by Gasteiger charge is 2.10. The third kappa shape index (κ3) is 2.36. The molecule has 18 heavy (non-hydrogen) atoms. The average molecular weight is 250 g/mol. The Labute approximate surface area is 103 Å². The Balaban J connectivity index is 2.26. The molecule has 0 radical (unpaired) electrons. The van der Waals surface area contributed by atoms with Crippen molar-refractivity contribution in [3.63, 3.8) is 0 Å². The molecular formula is C10H14N6O2. The van der Waals surface area contributed by atoms with E-state index >= 15 is 0 Å². The number of hydrogen-bond donors (Lipinski definition) is 0. The monoisotopic (exact) mass is 250 g/mol. The minimum absolute atomic E-state index is 0.0253. The molecule has 0 N–H and O–H groups in total. The van der Waals surface area contributed by atoms with Crippen LogP contribution in [0.2, 0.25) is 0 Å². The van der Waals surface area contributed by atoms with Gasteiger partial charge in [0, 0.05) is 0 Å². The number of tetrazole rings is 1. The zero-order valence-corrected chi connectivity index (χ0v) is 10.4. The fourth-order valence-electron chi connectivity index (χ4n) is 1.42. The molecule has 0 aliphatic carbocycles. The second kappa shape index (κ2) is 4.94. The van der Waals surface area contributed by atoms with E-state index < -0.39 is 0 Å². The quantitative estimate of drug-likeness (QED) is 0.751. The summed E-state index contributed by atoms with van der Waals surface area (Å²) in [5, 5.41) is 7.59. The van der Waals surface area contributed by atoms with Gasteiger partial charge in [0.1, 0.15) is 0 Å². The lowest BCUT2D eigenvalue weighted by atomic mass is 10.4. The molecule has 8 nitrogen and oxygen atoms in total. The van der Waals surface area contributed by atoms with Gasteiger partial charge >= 0.3 is 5.69 Å². The normalized spacial score (nSPS) is 10.9. The Hall–Kier alpha value is -2.25. The third-order valence-electron chi connectivity index (χ3n) is 2.33. The summed E-state index contributed by atoms with van der Waals surface area (Å²) in [5.41, 5.74) is 0.321. The Kier molecular flexibility index (Phi) is 3.35.